The molecule has 0 aromatic heterocycles. The predicted octanol–water partition coefficient (Wildman–Crippen LogP) is 5.53. The quantitative estimate of drug-likeness (QED) is 0.461. The van der Waals surface area contributed by atoms with Crippen LogP contribution in [0.5, 0.6) is 11.5 Å². The van der Waals surface area contributed by atoms with Crippen LogP contribution in [0.25, 0.3) is 0 Å². The summed E-state index contributed by atoms with van der Waals surface area (Å²) in [7, 11) is 3.14. The van der Waals surface area contributed by atoms with Gasteiger partial charge in [-0.15, -0.1) is 0 Å². The fourth-order valence-corrected chi connectivity index (χ4v) is 5.49. The highest BCUT2D eigenvalue weighted by molar-refractivity contribution is 6.30. The lowest BCUT2D eigenvalue weighted by Gasteiger charge is -2.35. The Balaban J connectivity index is 2.20. The second-order valence-electron chi connectivity index (χ2n) is 10.6. The van der Waals surface area contributed by atoms with E-state index in [1.165, 1.54) is 4.90 Å². The molecule has 2 aromatic rings. The van der Waals surface area contributed by atoms with Crippen molar-refractivity contribution in [3.8, 4) is 11.5 Å². The molecule has 37 heavy (non-hydrogen) atoms. The standard InChI is InChI=1S/C28H37ClN2O6/c1-16(2)37-27(34)31-24(19-10-8-9-11-21(19)36-7)23(22(28(3,4)5)25(31)26(32)33)30-15-17-14-18(29)12-13-20(17)35-6/h8-14,16,22-25,30H,15H2,1-7H3,(H,32,33)/t22-,23-,24-,25-/m0/s1. The summed E-state index contributed by atoms with van der Waals surface area (Å²) in [6, 6.07) is 10.4. The van der Waals surface area contributed by atoms with Crippen LogP contribution in [-0.4, -0.2) is 54.5 Å². The first-order valence-corrected chi connectivity index (χ1v) is 12.7. The van der Waals surface area contributed by atoms with Crippen LogP contribution in [-0.2, 0) is 16.1 Å². The summed E-state index contributed by atoms with van der Waals surface area (Å²) in [5, 5.41) is 14.6. The van der Waals surface area contributed by atoms with Crippen LogP contribution in [0.1, 0.15) is 51.8 Å². The Hall–Kier alpha value is -2.97. The number of ether oxygens (including phenoxy) is 3. The number of nitrogens with zero attached hydrogens (tertiary/aromatic N) is 1. The van der Waals surface area contributed by atoms with Crippen LogP contribution in [0, 0.1) is 11.3 Å². The number of likely N-dealkylation sites (tertiary alicyclic amines) is 1. The topological polar surface area (TPSA) is 97.3 Å². The SMILES string of the molecule is COc1ccc(Cl)cc1CN[C@H]1[C@H](C(C)(C)C)[C@@H](C(=O)O)N(C(=O)OC(C)C)[C@H]1c1ccccc1OC. The molecule has 0 radical (unpaired) electrons. The van der Waals surface area contributed by atoms with Gasteiger partial charge in [0.15, 0.2) is 0 Å². The van der Waals surface area contributed by atoms with Crippen LogP contribution in [0.4, 0.5) is 4.79 Å². The first kappa shape index (κ1) is 28.6. The number of carbonyl (C=O) groups is 2. The summed E-state index contributed by atoms with van der Waals surface area (Å²) < 4.78 is 16.8. The van der Waals surface area contributed by atoms with E-state index in [1.54, 1.807) is 46.3 Å². The van der Waals surface area contributed by atoms with Gasteiger partial charge in [-0.25, -0.2) is 9.59 Å². The van der Waals surface area contributed by atoms with E-state index in [1.807, 2.05) is 45.0 Å². The van der Waals surface area contributed by atoms with Gasteiger partial charge in [-0.1, -0.05) is 50.6 Å². The molecule has 9 heteroatoms. The first-order valence-electron chi connectivity index (χ1n) is 12.3. The maximum Gasteiger partial charge on any atom is 0.411 e. The van der Waals surface area contributed by atoms with Crippen molar-refractivity contribution >= 4 is 23.7 Å². The number of carbonyl (C=O) groups excluding carboxylic acids is 1. The number of amides is 1. The van der Waals surface area contributed by atoms with Gasteiger partial charge in [0.2, 0.25) is 0 Å². The lowest BCUT2D eigenvalue weighted by atomic mass is 9.72. The van der Waals surface area contributed by atoms with Gasteiger partial charge in [-0.05, 0) is 43.5 Å². The average molecular weight is 533 g/mol. The van der Waals surface area contributed by atoms with Gasteiger partial charge in [0.25, 0.3) is 0 Å². The number of para-hydroxylation sites is 1. The number of hydrogen-bond donors (Lipinski definition) is 2. The van der Waals surface area contributed by atoms with E-state index in [0.717, 1.165) is 5.56 Å². The lowest BCUT2D eigenvalue weighted by molar-refractivity contribution is -0.144. The van der Waals surface area contributed by atoms with Gasteiger partial charge in [0.1, 0.15) is 17.5 Å². The van der Waals surface area contributed by atoms with Crippen molar-refractivity contribution in [3.63, 3.8) is 0 Å². The molecular weight excluding hydrogens is 496 g/mol. The third-order valence-electron chi connectivity index (χ3n) is 6.70. The van der Waals surface area contributed by atoms with Gasteiger partial charge < -0.3 is 24.6 Å². The van der Waals surface area contributed by atoms with E-state index < -0.39 is 47.6 Å². The van der Waals surface area contributed by atoms with Crippen molar-refractivity contribution in [3.05, 3.63) is 58.6 Å². The van der Waals surface area contributed by atoms with Gasteiger partial charge in [-0.2, -0.15) is 0 Å². The molecule has 202 valence electrons. The molecule has 1 aliphatic heterocycles. The third kappa shape index (κ3) is 6.13. The van der Waals surface area contributed by atoms with E-state index in [2.05, 4.69) is 5.32 Å². The second-order valence-corrected chi connectivity index (χ2v) is 11.0. The zero-order valence-corrected chi connectivity index (χ0v) is 23.2. The molecule has 0 saturated carbocycles. The smallest absolute Gasteiger partial charge is 0.411 e. The van der Waals surface area contributed by atoms with E-state index in [0.29, 0.717) is 28.6 Å². The van der Waals surface area contributed by atoms with Crippen molar-refractivity contribution in [1.29, 1.82) is 0 Å². The Morgan fingerprint density at radius 2 is 1.73 bits per heavy atom. The zero-order valence-electron chi connectivity index (χ0n) is 22.4. The van der Waals surface area contributed by atoms with Gasteiger partial charge in [0, 0.05) is 34.7 Å². The van der Waals surface area contributed by atoms with Crippen molar-refractivity contribution in [2.24, 2.45) is 11.3 Å². The first-order chi connectivity index (χ1) is 17.4. The van der Waals surface area contributed by atoms with E-state index in [-0.39, 0.29) is 0 Å². The second kappa shape index (κ2) is 11.6. The Morgan fingerprint density at radius 1 is 1.08 bits per heavy atom. The number of benzene rings is 2. The molecule has 0 unspecified atom stereocenters. The highest BCUT2D eigenvalue weighted by Gasteiger charge is 2.59. The molecule has 1 amide bonds. The van der Waals surface area contributed by atoms with E-state index >= 15 is 0 Å². The molecule has 1 heterocycles. The fraction of sp³-hybridized carbons (Fsp3) is 0.500. The largest absolute Gasteiger partial charge is 0.496 e. The average Bonchev–Trinajstić information content (AvgIpc) is 3.18. The third-order valence-corrected chi connectivity index (χ3v) is 6.93. The summed E-state index contributed by atoms with van der Waals surface area (Å²) in [5.41, 5.74) is 1.02. The van der Waals surface area contributed by atoms with E-state index in [4.69, 9.17) is 25.8 Å². The van der Waals surface area contributed by atoms with Crippen LogP contribution >= 0.6 is 11.6 Å². The van der Waals surface area contributed by atoms with Crippen molar-refractivity contribution in [2.75, 3.05) is 14.2 Å². The number of halogens is 1. The summed E-state index contributed by atoms with van der Waals surface area (Å²) >= 11 is 6.27. The normalized spacial score (nSPS) is 21.7. The zero-order chi connectivity index (χ0) is 27.5. The highest BCUT2D eigenvalue weighted by atomic mass is 35.5. The molecule has 1 aliphatic rings. The number of rotatable bonds is 8. The predicted molar refractivity (Wildman–Crippen MR) is 142 cm³/mol. The molecule has 1 fully saturated rings. The van der Waals surface area contributed by atoms with Crippen molar-refractivity contribution in [2.45, 2.75) is 65.4 Å². The van der Waals surface area contributed by atoms with Crippen LogP contribution < -0.4 is 14.8 Å². The molecule has 0 spiro atoms. The number of carboxylic acid groups (broad SMARTS) is 1. The summed E-state index contributed by atoms with van der Waals surface area (Å²) in [6.45, 7) is 9.77. The number of nitrogens with one attached hydrogen (secondary N) is 1. The Bertz CT molecular complexity index is 1120. The molecule has 3 rings (SSSR count). The molecule has 1 saturated heterocycles. The van der Waals surface area contributed by atoms with Gasteiger partial charge in [-0.3, -0.25) is 4.90 Å². The number of methoxy groups -OCH3 is 2. The van der Waals surface area contributed by atoms with Crippen molar-refractivity contribution < 1.29 is 28.9 Å². The summed E-state index contributed by atoms with van der Waals surface area (Å²) in [4.78, 5) is 27.7. The monoisotopic (exact) mass is 532 g/mol. The van der Waals surface area contributed by atoms with Crippen LogP contribution in [0.15, 0.2) is 42.5 Å². The number of hydrogen-bond acceptors (Lipinski definition) is 6. The van der Waals surface area contributed by atoms with Crippen LogP contribution in [0.2, 0.25) is 5.02 Å². The molecule has 4 atom stereocenters. The molecular formula is C28H37ClN2O6. The minimum Gasteiger partial charge on any atom is -0.496 e. The van der Waals surface area contributed by atoms with Crippen LogP contribution in [0.3, 0.4) is 0 Å². The minimum atomic E-state index is -1.14. The molecule has 2 aromatic carbocycles. The molecule has 2 N–H and O–H groups in total. The van der Waals surface area contributed by atoms with E-state index in [9.17, 15) is 14.7 Å². The molecule has 0 bridgehead atoms. The maximum absolute atomic E-state index is 13.5. The summed E-state index contributed by atoms with van der Waals surface area (Å²) in [5.74, 6) is -0.363. The van der Waals surface area contributed by atoms with Crippen molar-refractivity contribution in [1.82, 2.24) is 10.2 Å². The minimum absolute atomic E-state index is 0.339. The lowest BCUT2D eigenvalue weighted by Crippen LogP contribution is -2.48. The molecule has 8 nitrogen and oxygen atoms in total. The molecule has 0 aliphatic carbocycles. The Morgan fingerprint density at radius 3 is 2.30 bits per heavy atom. The number of carboxylic acids is 1. The Kier molecular flexibility index (Phi) is 8.97. The maximum atomic E-state index is 13.5. The fourth-order valence-electron chi connectivity index (χ4n) is 5.29. The number of aliphatic carboxylic acids is 1. The highest BCUT2D eigenvalue weighted by Crippen LogP contribution is 2.50. The van der Waals surface area contributed by atoms with Gasteiger partial charge in [0.05, 0.1) is 26.4 Å². The summed E-state index contributed by atoms with van der Waals surface area (Å²) in [6.07, 6.45) is -1.10. The Labute approximate surface area is 223 Å². The van der Waals surface area contributed by atoms with Gasteiger partial charge >= 0.3 is 12.1 Å².